The quantitative estimate of drug-likeness (QED) is 0.521. The first-order valence-corrected chi connectivity index (χ1v) is 12.8. The second-order valence-corrected chi connectivity index (χ2v) is 9.42. The van der Waals surface area contributed by atoms with E-state index in [9.17, 15) is 5.11 Å². The van der Waals surface area contributed by atoms with Crippen molar-refractivity contribution in [1.29, 1.82) is 0 Å². The standard InChI is InChI=1S/C27H34N8O2/c1-20-9-12-34(23-19-22(31-32-27(23)28)21-5-2-3-6-24(21)36)13-14-35(20)26-8-10-29-25(30-26)7-4-11-33-15-17-37-18-16-33/h2-8,10,19-20,36H,9,11-18H2,1H3,(H2,28,32)/b7-4+. The highest BCUT2D eigenvalue weighted by molar-refractivity contribution is 5.74. The molecule has 1 aromatic carbocycles. The maximum Gasteiger partial charge on any atom is 0.169 e. The van der Waals surface area contributed by atoms with Crippen LogP contribution in [0.1, 0.15) is 19.2 Å². The molecule has 3 N–H and O–H groups in total. The summed E-state index contributed by atoms with van der Waals surface area (Å²) in [5.41, 5.74) is 8.32. The van der Waals surface area contributed by atoms with Gasteiger partial charge in [0.1, 0.15) is 11.6 Å². The summed E-state index contributed by atoms with van der Waals surface area (Å²) in [6, 6.07) is 11.3. The minimum Gasteiger partial charge on any atom is -0.507 e. The normalized spacial score (nSPS) is 19.3. The number of rotatable bonds is 6. The van der Waals surface area contributed by atoms with Crippen molar-refractivity contribution in [1.82, 2.24) is 25.1 Å². The number of ether oxygens (including phenoxy) is 1. The molecule has 37 heavy (non-hydrogen) atoms. The second-order valence-electron chi connectivity index (χ2n) is 9.42. The average Bonchev–Trinajstić information content (AvgIpc) is 3.12. The molecule has 0 radical (unpaired) electrons. The third-order valence-corrected chi connectivity index (χ3v) is 6.97. The summed E-state index contributed by atoms with van der Waals surface area (Å²) < 4.78 is 5.42. The lowest BCUT2D eigenvalue weighted by Gasteiger charge is -2.28. The van der Waals surface area contributed by atoms with Crippen molar-refractivity contribution in [3.8, 4) is 17.0 Å². The summed E-state index contributed by atoms with van der Waals surface area (Å²) in [6.45, 7) is 8.96. The Kier molecular flexibility index (Phi) is 7.76. The van der Waals surface area contributed by atoms with Gasteiger partial charge in [0.05, 0.1) is 24.6 Å². The zero-order valence-electron chi connectivity index (χ0n) is 21.2. The van der Waals surface area contributed by atoms with Gasteiger partial charge in [-0.2, -0.15) is 0 Å². The predicted molar refractivity (Wildman–Crippen MR) is 146 cm³/mol. The largest absolute Gasteiger partial charge is 0.507 e. The third-order valence-electron chi connectivity index (χ3n) is 6.97. The molecule has 0 spiro atoms. The van der Waals surface area contributed by atoms with E-state index in [1.807, 2.05) is 36.5 Å². The lowest BCUT2D eigenvalue weighted by molar-refractivity contribution is 0.0435. The first-order chi connectivity index (χ1) is 18.1. The molecule has 2 saturated heterocycles. The van der Waals surface area contributed by atoms with Crippen LogP contribution in [0.15, 0.2) is 48.7 Å². The van der Waals surface area contributed by atoms with Gasteiger partial charge in [-0.05, 0) is 43.7 Å². The summed E-state index contributed by atoms with van der Waals surface area (Å²) in [5, 5.41) is 18.7. The van der Waals surface area contributed by atoms with E-state index in [2.05, 4.69) is 42.9 Å². The molecular weight excluding hydrogens is 468 g/mol. The number of anilines is 3. The molecule has 0 aliphatic carbocycles. The van der Waals surface area contributed by atoms with Gasteiger partial charge >= 0.3 is 0 Å². The van der Waals surface area contributed by atoms with Crippen LogP contribution in [-0.4, -0.2) is 88.7 Å². The van der Waals surface area contributed by atoms with Gasteiger partial charge in [-0.15, -0.1) is 10.2 Å². The predicted octanol–water partition coefficient (Wildman–Crippen LogP) is 2.67. The molecule has 0 saturated carbocycles. The fraction of sp³-hybridized carbons (Fsp3) is 0.407. The second kappa shape index (κ2) is 11.5. The Hall–Kier alpha value is -3.76. The Balaban J connectivity index is 1.29. The molecule has 1 atom stereocenters. The highest BCUT2D eigenvalue weighted by atomic mass is 16.5. The van der Waals surface area contributed by atoms with E-state index in [0.29, 0.717) is 28.9 Å². The number of nitrogens with zero attached hydrogens (tertiary/aromatic N) is 7. The summed E-state index contributed by atoms with van der Waals surface area (Å²) >= 11 is 0. The van der Waals surface area contributed by atoms with Gasteiger partial charge in [0.2, 0.25) is 0 Å². The summed E-state index contributed by atoms with van der Waals surface area (Å²) in [6.07, 6.45) is 6.88. The number of benzene rings is 1. The van der Waals surface area contributed by atoms with Crippen LogP contribution in [0.5, 0.6) is 5.75 Å². The molecule has 4 heterocycles. The van der Waals surface area contributed by atoms with Crippen LogP contribution in [0, 0.1) is 0 Å². The molecular formula is C27H34N8O2. The van der Waals surface area contributed by atoms with Gasteiger partial charge in [0.25, 0.3) is 0 Å². The third kappa shape index (κ3) is 5.98. The molecule has 10 heteroatoms. The smallest absolute Gasteiger partial charge is 0.169 e. The fourth-order valence-corrected chi connectivity index (χ4v) is 4.80. The molecule has 3 aromatic rings. The highest BCUT2D eigenvalue weighted by Gasteiger charge is 2.24. The van der Waals surface area contributed by atoms with E-state index < -0.39 is 0 Å². The molecule has 1 unspecified atom stereocenters. The summed E-state index contributed by atoms with van der Waals surface area (Å²) in [4.78, 5) is 16.2. The van der Waals surface area contributed by atoms with Crippen molar-refractivity contribution < 1.29 is 9.84 Å². The molecule has 0 amide bonds. The lowest BCUT2D eigenvalue weighted by Crippen LogP contribution is -2.36. The first-order valence-electron chi connectivity index (χ1n) is 12.8. The Bertz CT molecular complexity index is 1230. The molecule has 10 nitrogen and oxygen atoms in total. The Labute approximate surface area is 217 Å². The van der Waals surface area contributed by atoms with Gasteiger partial charge in [0.15, 0.2) is 11.6 Å². The van der Waals surface area contributed by atoms with E-state index in [1.165, 1.54) is 0 Å². The number of nitrogens with two attached hydrogens (primary N) is 1. The van der Waals surface area contributed by atoms with E-state index in [0.717, 1.165) is 70.4 Å². The van der Waals surface area contributed by atoms with E-state index in [1.54, 1.807) is 12.1 Å². The van der Waals surface area contributed by atoms with Crippen LogP contribution in [0.4, 0.5) is 17.3 Å². The Morgan fingerprint density at radius 1 is 1.08 bits per heavy atom. The molecule has 2 aromatic heterocycles. The van der Waals surface area contributed by atoms with Crippen LogP contribution < -0.4 is 15.5 Å². The Morgan fingerprint density at radius 3 is 2.76 bits per heavy atom. The number of phenolic OH excluding ortho intramolecular Hbond substituents is 1. The SMILES string of the molecule is CC1CCN(c2cc(-c3ccccc3O)nnc2N)CCN1c1ccnc(/C=C/CN2CCOCC2)n1. The van der Waals surface area contributed by atoms with Crippen molar-refractivity contribution in [2.24, 2.45) is 0 Å². The van der Waals surface area contributed by atoms with Crippen LogP contribution in [0.2, 0.25) is 0 Å². The van der Waals surface area contributed by atoms with Gasteiger partial charge in [-0.1, -0.05) is 18.2 Å². The molecule has 0 bridgehead atoms. The van der Waals surface area contributed by atoms with Crippen LogP contribution in [-0.2, 0) is 4.74 Å². The highest BCUT2D eigenvalue weighted by Crippen LogP contribution is 2.32. The number of para-hydroxylation sites is 1. The van der Waals surface area contributed by atoms with Crippen LogP contribution >= 0.6 is 0 Å². The maximum absolute atomic E-state index is 10.3. The van der Waals surface area contributed by atoms with Crippen molar-refractivity contribution in [2.45, 2.75) is 19.4 Å². The summed E-state index contributed by atoms with van der Waals surface area (Å²) in [7, 11) is 0. The zero-order valence-corrected chi connectivity index (χ0v) is 21.2. The Morgan fingerprint density at radius 2 is 1.92 bits per heavy atom. The summed E-state index contributed by atoms with van der Waals surface area (Å²) in [5.74, 6) is 2.19. The topological polar surface area (TPSA) is 117 Å². The van der Waals surface area contributed by atoms with Crippen LogP contribution in [0.25, 0.3) is 17.3 Å². The number of aromatic hydroxyl groups is 1. The molecule has 2 aliphatic rings. The van der Waals surface area contributed by atoms with E-state index in [-0.39, 0.29) is 5.75 Å². The number of phenols is 1. The number of hydrogen-bond acceptors (Lipinski definition) is 10. The number of aromatic nitrogens is 4. The molecule has 5 rings (SSSR count). The van der Waals surface area contributed by atoms with Crippen molar-refractivity contribution in [2.75, 3.05) is 68.0 Å². The van der Waals surface area contributed by atoms with Crippen molar-refractivity contribution in [3.05, 3.63) is 54.5 Å². The minimum absolute atomic E-state index is 0.168. The number of morpholine rings is 1. The molecule has 2 aliphatic heterocycles. The number of hydrogen-bond donors (Lipinski definition) is 2. The van der Waals surface area contributed by atoms with Gasteiger partial charge in [-0.3, -0.25) is 4.90 Å². The first kappa shape index (κ1) is 24.9. The van der Waals surface area contributed by atoms with Crippen LogP contribution in [0.3, 0.4) is 0 Å². The zero-order chi connectivity index (χ0) is 25.6. The van der Waals surface area contributed by atoms with Gasteiger partial charge < -0.3 is 25.4 Å². The van der Waals surface area contributed by atoms with E-state index >= 15 is 0 Å². The lowest BCUT2D eigenvalue weighted by atomic mass is 10.1. The fourth-order valence-electron chi connectivity index (χ4n) is 4.80. The van der Waals surface area contributed by atoms with Crippen molar-refractivity contribution >= 4 is 23.4 Å². The molecule has 194 valence electrons. The molecule has 2 fully saturated rings. The van der Waals surface area contributed by atoms with Gasteiger partial charge in [0, 0.05) is 57.1 Å². The number of nitrogen functional groups attached to an aromatic ring is 1. The van der Waals surface area contributed by atoms with Crippen molar-refractivity contribution in [3.63, 3.8) is 0 Å². The maximum atomic E-state index is 10.3. The average molecular weight is 503 g/mol. The monoisotopic (exact) mass is 502 g/mol. The van der Waals surface area contributed by atoms with Gasteiger partial charge in [-0.25, -0.2) is 9.97 Å². The minimum atomic E-state index is 0.168. The van der Waals surface area contributed by atoms with E-state index in [4.69, 9.17) is 15.5 Å².